The minimum atomic E-state index is -0.963. The molecule has 5 rings (SSSR count). The quantitative estimate of drug-likeness (QED) is 0.353. The van der Waals surface area contributed by atoms with E-state index in [1.807, 2.05) is 30.3 Å². The minimum absolute atomic E-state index is 0.363. The number of piperidine rings is 1. The monoisotopic (exact) mass is 444 g/mol. The van der Waals surface area contributed by atoms with Crippen molar-refractivity contribution in [3.8, 4) is 11.8 Å². The molecule has 1 aliphatic rings. The Morgan fingerprint density at radius 3 is 1.38 bits per heavy atom. The van der Waals surface area contributed by atoms with Crippen molar-refractivity contribution in [1.29, 1.82) is 0 Å². The summed E-state index contributed by atoms with van der Waals surface area (Å²) in [6.07, 6.45) is 1.27. The molecule has 1 aliphatic heterocycles. The summed E-state index contributed by atoms with van der Waals surface area (Å²) in [7, 11) is 0. The summed E-state index contributed by atoms with van der Waals surface area (Å²) < 4.78 is 0. The van der Waals surface area contributed by atoms with Gasteiger partial charge in [-0.1, -0.05) is 121 Å². The van der Waals surface area contributed by atoms with Gasteiger partial charge in [-0.15, -0.1) is 0 Å². The molecule has 168 valence electrons. The van der Waals surface area contributed by atoms with E-state index in [-0.39, 0.29) is 5.54 Å². The van der Waals surface area contributed by atoms with Crippen LogP contribution in [0, 0.1) is 11.8 Å². The van der Waals surface area contributed by atoms with Gasteiger partial charge in [0.25, 0.3) is 0 Å². The predicted octanol–water partition coefficient (Wildman–Crippen LogP) is 4.44. The molecule has 0 atom stereocenters. The van der Waals surface area contributed by atoms with E-state index in [0.717, 1.165) is 18.7 Å². The lowest BCUT2D eigenvalue weighted by molar-refractivity contribution is -0.953. The number of hydrogen-bond donors (Lipinski definition) is 2. The molecule has 2 heteroatoms. The van der Waals surface area contributed by atoms with Crippen molar-refractivity contribution in [2.75, 3.05) is 13.1 Å². The lowest BCUT2D eigenvalue weighted by atomic mass is 9.74. The van der Waals surface area contributed by atoms with Crippen LogP contribution >= 0.6 is 0 Å². The molecule has 4 aromatic carbocycles. The zero-order chi connectivity index (χ0) is 23.3. The minimum Gasteiger partial charge on any atom is -0.377 e. The van der Waals surface area contributed by atoms with Crippen molar-refractivity contribution in [3.63, 3.8) is 0 Å². The molecule has 4 aromatic rings. The summed E-state index contributed by atoms with van der Waals surface area (Å²) in [6, 6.07) is 42.3. The average molecular weight is 445 g/mol. The van der Waals surface area contributed by atoms with Crippen molar-refractivity contribution in [2.24, 2.45) is 0 Å². The molecule has 0 aliphatic carbocycles. The largest absolute Gasteiger partial charge is 0.377 e. The Labute approximate surface area is 202 Å². The van der Waals surface area contributed by atoms with E-state index in [1.54, 1.807) is 0 Å². The van der Waals surface area contributed by atoms with Gasteiger partial charge in [-0.3, -0.25) is 0 Å². The molecule has 1 heterocycles. The van der Waals surface area contributed by atoms with Crippen LogP contribution in [-0.2, 0) is 5.54 Å². The number of hydrogen-bond acceptors (Lipinski definition) is 1. The lowest BCUT2D eigenvalue weighted by Gasteiger charge is -2.46. The maximum atomic E-state index is 11.3. The number of likely N-dealkylation sites (tertiary alicyclic amines) is 1. The second-order valence-corrected chi connectivity index (χ2v) is 9.10. The van der Waals surface area contributed by atoms with Crippen LogP contribution in [0.2, 0.25) is 0 Å². The highest BCUT2D eigenvalue weighted by atomic mass is 16.3. The number of benzene rings is 4. The average Bonchev–Trinajstić information content (AvgIpc) is 2.92. The van der Waals surface area contributed by atoms with Gasteiger partial charge >= 0.3 is 0 Å². The molecule has 0 spiro atoms. The number of aliphatic hydroxyl groups is 1. The Bertz CT molecular complexity index is 1150. The Balaban J connectivity index is 1.56. The van der Waals surface area contributed by atoms with Crippen molar-refractivity contribution in [3.05, 3.63) is 144 Å². The number of quaternary nitrogens is 1. The topological polar surface area (TPSA) is 24.7 Å². The Kier molecular flexibility index (Phi) is 6.32. The van der Waals surface area contributed by atoms with E-state index in [1.165, 1.54) is 21.6 Å². The SMILES string of the molecule is OC1(C#Cc2ccccc2)CC[NH+](C(c2ccccc2)(c2ccccc2)c2ccccc2)CC1. The summed E-state index contributed by atoms with van der Waals surface area (Å²) in [4.78, 5) is 1.43. The number of nitrogens with one attached hydrogen (secondary N) is 1. The van der Waals surface area contributed by atoms with Crippen LogP contribution in [0.1, 0.15) is 35.1 Å². The van der Waals surface area contributed by atoms with Gasteiger partial charge in [0.1, 0.15) is 5.60 Å². The number of rotatable bonds is 4. The van der Waals surface area contributed by atoms with E-state index in [4.69, 9.17) is 0 Å². The van der Waals surface area contributed by atoms with Crippen molar-refractivity contribution in [1.82, 2.24) is 0 Å². The fourth-order valence-electron chi connectivity index (χ4n) is 5.35. The second kappa shape index (κ2) is 9.69. The summed E-state index contributed by atoms with van der Waals surface area (Å²) >= 11 is 0. The highest BCUT2D eigenvalue weighted by molar-refractivity contribution is 5.47. The van der Waals surface area contributed by atoms with Gasteiger partial charge in [0.2, 0.25) is 0 Å². The second-order valence-electron chi connectivity index (χ2n) is 9.10. The molecular formula is C32H30NO+. The molecule has 0 unspecified atom stereocenters. The third kappa shape index (κ3) is 4.29. The van der Waals surface area contributed by atoms with Gasteiger partial charge in [0.05, 0.1) is 13.1 Å². The predicted molar refractivity (Wildman–Crippen MR) is 137 cm³/mol. The highest BCUT2D eigenvalue weighted by Gasteiger charge is 2.49. The fourth-order valence-corrected chi connectivity index (χ4v) is 5.35. The summed E-state index contributed by atoms with van der Waals surface area (Å²) in [5.41, 5.74) is 3.42. The van der Waals surface area contributed by atoms with Crippen LogP contribution in [0.4, 0.5) is 0 Å². The van der Waals surface area contributed by atoms with E-state index >= 15 is 0 Å². The molecule has 2 N–H and O–H groups in total. The highest BCUT2D eigenvalue weighted by Crippen LogP contribution is 2.35. The Morgan fingerprint density at radius 1 is 0.588 bits per heavy atom. The molecule has 0 aromatic heterocycles. The van der Waals surface area contributed by atoms with Gasteiger partial charge in [0, 0.05) is 35.1 Å². The van der Waals surface area contributed by atoms with Crippen LogP contribution in [0.3, 0.4) is 0 Å². The van der Waals surface area contributed by atoms with Gasteiger partial charge in [-0.25, -0.2) is 0 Å². The first-order valence-corrected chi connectivity index (χ1v) is 12.0. The molecule has 1 fully saturated rings. The molecule has 0 bridgehead atoms. The van der Waals surface area contributed by atoms with Gasteiger partial charge in [-0.05, 0) is 12.1 Å². The van der Waals surface area contributed by atoms with E-state index in [0.29, 0.717) is 12.8 Å². The van der Waals surface area contributed by atoms with Crippen LogP contribution < -0.4 is 4.90 Å². The van der Waals surface area contributed by atoms with Crippen LogP contribution in [0.25, 0.3) is 0 Å². The fraction of sp³-hybridized carbons (Fsp3) is 0.188. The van der Waals surface area contributed by atoms with Crippen LogP contribution in [0.15, 0.2) is 121 Å². The maximum absolute atomic E-state index is 11.3. The smallest absolute Gasteiger partial charge is 0.175 e. The lowest BCUT2D eigenvalue weighted by Crippen LogP contribution is -3.20. The normalized spacial score (nSPS) is 20.2. The van der Waals surface area contributed by atoms with Crippen molar-refractivity contribution < 1.29 is 10.0 Å². The van der Waals surface area contributed by atoms with Crippen LogP contribution in [-0.4, -0.2) is 23.8 Å². The standard InChI is InChI=1S/C32H29NO/c34-31(22-21-27-13-5-1-6-14-27)23-25-33(26-24-31)32(28-15-7-2-8-16-28,29-17-9-3-10-18-29)30-19-11-4-12-20-30/h1-20,34H,23-26H2/p+1. The van der Waals surface area contributed by atoms with E-state index in [2.05, 4.69) is 103 Å². The molecule has 2 nitrogen and oxygen atoms in total. The zero-order valence-corrected chi connectivity index (χ0v) is 19.3. The van der Waals surface area contributed by atoms with Crippen molar-refractivity contribution >= 4 is 0 Å². The molecule has 34 heavy (non-hydrogen) atoms. The third-order valence-corrected chi connectivity index (χ3v) is 7.04. The first-order valence-electron chi connectivity index (χ1n) is 12.0. The van der Waals surface area contributed by atoms with Crippen LogP contribution in [0.5, 0.6) is 0 Å². The Hall–Kier alpha value is -3.64. The third-order valence-electron chi connectivity index (χ3n) is 7.04. The first kappa shape index (κ1) is 22.2. The molecule has 0 amide bonds. The molecular weight excluding hydrogens is 414 g/mol. The summed E-state index contributed by atoms with van der Waals surface area (Å²) in [6.45, 7) is 1.64. The van der Waals surface area contributed by atoms with Crippen molar-refractivity contribution in [2.45, 2.75) is 24.0 Å². The van der Waals surface area contributed by atoms with Gasteiger partial charge < -0.3 is 10.0 Å². The molecule has 0 radical (unpaired) electrons. The van der Waals surface area contributed by atoms with E-state index in [9.17, 15) is 5.11 Å². The van der Waals surface area contributed by atoms with Gasteiger partial charge in [0.15, 0.2) is 5.54 Å². The molecule has 1 saturated heterocycles. The zero-order valence-electron chi connectivity index (χ0n) is 19.3. The maximum Gasteiger partial charge on any atom is 0.175 e. The first-order chi connectivity index (χ1) is 16.7. The Morgan fingerprint density at radius 2 is 0.971 bits per heavy atom. The van der Waals surface area contributed by atoms with Gasteiger partial charge in [-0.2, -0.15) is 0 Å². The molecule has 0 saturated carbocycles. The summed E-state index contributed by atoms with van der Waals surface area (Å²) in [5, 5.41) is 11.3. The summed E-state index contributed by atoms with van der Waals surface area (Å²) in [5.74, 6) is 6.39. The van der Waals surface area contributed by atoms with E-state index < -0.39 is 5.60 Å².